The molecule has 1 aromatic rings. The Balaban J connectivity index is 2.13. The van der Waals surface area contributed by atoms with Crippen LogP contribution in [-0.2, 0) is 6.54 Å². The van der Waals surface area contributed by atoms with Gasteiger partial charge in [0, 0.05) is 13.1 Å². The number of urea groups is 1. The molecule has 0 aliphatic rings. The van der Waals surface area contributed by atoms with Crippen molar-refractivity contribution in [3.63, 3.8) is 0 Å². The summed E-state index contributed by atoms with van der Waals surface area (Å²) in [5.74, 6) is 0.671. The summed E-state index contributed by atoms with van der Waals surface area (Å²) in [4.78, 5) is 11.5. The van der Waals surface area contributed by atoms with Gasteiger partial charge in [0.15, 0.2) is 0 Å². The van der Waals surface area contributed by atoms with Gasteiger partial charge < -0.3 is 10.6 Å². The van der Waals surface area contributed by atoms with Crippen LogP contribution in [0.3, 0.4) is 0 Å². The highest BCUT2D eigenvalue weighted by atomic mass is 16.2. The normalized spacial score (nSPS) is 11.9. The molecule has 0 aromatic heterocycles. The maximum Gasteiger partial charge on any atom is 0.315 e. The Morgan fingerprint density at radius 2 is 1.94 bits per heavy atom. The first-order valence-corrected chi connectivity index (χ1v) is 6.28. The monoisotopic (exact) mass is 234 g/mol. The van der Waals surface area contributed by atoms with Crippen LogP contribution < -0.4 is 10.6 Å². The van der Waals surface area contributed by atoms with Crippen molar-refractivity contribution in [2.24, 2.45) is 5.92 Å². The molecular formula is C14H22N2O. The van der Waals surface area contributed by atoms with Gasteiger partial charge in [-0.1, -0.05) is 50.6 Å². The third kappa shape index (κ3) is 5.95. The number of rotatable bonds is 6. The Morgan fingerprint density at radius 3 is 2.59 bits per heavy atom. The first-order valence-electron chi connectivity index (χ1n) is 6.28. The van der Waals surface area contributed by atoms with Crippen molar-refractivity contribution >= 4 is 6.03 Å². The van der Waals surface area contributed by atoms with Crippen LogP contribution in [0.4, 0.5) is 4.79 Å². The van der Waals surface area contributed by atoms with Gasteiger partial charge in [0.2, 0.25) is 0 Å². The van der Waals surface area contributed by atoms with Crippen molar-refractivity contribution in [2.75, 3.05) is 6.54 Å². The third-order valence-electron chi connectivity index (χ3n) is 2.92. The Kier molecular flexibility index (Phi) is 6.15. The fourth-order valence-electron chi connectivity index (χ4n) is 1.48. The molecule has 1 aromatic carbocycles. The summed E-state index contributed by atoms with van der Waals surface area (Å²) in [5, 5.41) is 5.71. The summed E-state index contributed by atoms with van der Waals surface area (Å²) >= 11 is 0. The van der Waals surface area contributed by atoms with Crippen molar-refractivity contribution in [2.45, 2.75) is 33.2 Å². The second-order valence-corrected chi connectivity index (χ2v) is 4.40. The van der Waals surface area contributed by atoms with E-state index in [1.165, 1.54) is 0 Å². The minimum atomic E-state index is -0.0860. The van der Waals surface area contributed by atoms with Gasteiger partial charge in [0.05, 0.1) is 0 Å². The number of amides is 2. The standard InChI is InChI=1S/C14H22N2O/c1-3-12(2)9-10-15-14(17)16-11-13-7-5-4-6-8-13/h4-8,12H,3,9-11H2,1-2H3,(H2,15,16,17)/t12-/m1/s1. The largest absolute Gasteiger partial charge is 0.338 e. The van der Waals surface area contributed by atoms with Crippen molar-refractivity contribution in [3.8, 4) is 0 Å². The highest BCUT2D eigenvalue weighted by molar-refractivity contribution is 5.73. The minimum absolute atomic E-state index is 0.0860. The van der Waals surface area contributed by atoms with Crippen LogP contribution in [0.25, 0.3) is 0 Å². The van der Waals surface area contributed by atoms with Gasteiger partial charge in [0.25, 0.3) is 0 Å². The number of benzene rings is 1. The summed E-state index contributed by atoms with van der Waals surface area (Å²) in [7, 11) is 0. The second-order valence-electron chi connectivity index (χ2n) is 4.40. The van der Waals surface area contributed by atoms with Crippen molar-refractivity contribution in [1.82, 2.24) is 10.6 Å². The van der Waals surface area contributed by atoms with Crippen molar-refractivity contribution in [3.05, 3.63) is 35.9 Å². The van der Waals surface area contributed by atoms with E-state index < -0.39 is 0 Å². The van der Waals surface area contributed by atoms with Gasteiger partial charge in [-0.25, -0.2) is 4.79 Å². The highest BCUT2D eigenvalue weighted by Gasteiger charge is 2.01. The van der Waals surface area contributed by atoms with Gasteiger partial charge in [-0.15, -0.1) is 0 Å². The van der Waals surface area contributed by atoms with E-state index in [0.717, 1.165) is 24.9 Å². The van der Waals surface area contributed by atoms with Crippen LogP contribution in [0.2, 0.25) is 0 Å². The number of carbonyl (C=O) groups excluding carboxylic acids is 1. The zero-order valence-electron chi connectivity index (χ0n) is 10.7. The van der Waals surface area contributed by atoms with E-state index in [0.29, 0.717) is 12.5 Å². The molecule has 94 valence electrons. The zero-order chi connectivity index (χ0) is 12.5. The Labute approximate surface area is 104 Å². The summed E-state index contributed by atoms with van der Waals surface area (Å²) in [6, 6.07) is 9.82. The van der Waals surface area contributed by atoms with E-state index in [9.17, 15) is 4.79 Å². The Morgan fingerprint density at radius 1 is 1.24 bits per heavy atom. The van der Waals surface area contributed by atoms with Crippen LogP contribution >= 0.6 is 0 Å². The summed E-state index contributed by atoms with van der Waals surface area (Å²) in [6.45, 7) is 5.69. The lowest BCUT2D eigenvalue weighted by Crippen LogP contribution is -2.35. The van der Waals surface area contributed by atoms with E-state index in [-0.39, 0.29) is 6.03 Å². The molecule has 1 atom stereocenters. The van der Waals surface area contributed by atoms with E-state index in [2.05, 4.69) is 24.5 Å². The molecule has 0 spiro atoms. The minimum Gasteiger partial charge on any atom is -0.338 e. The van der Waals surface area contributed by atoms with E-state index in [4.69, 9.17) is 0 Å². The fourth-order valence-corrected chi connectivity index (χ4v) is 1.48. The fraction of sp³-hybridized carbons (Fsp3) is 0.500. The van der Waals surface area contributed by atoms with Gasteiger partial charge in [-0.3, -0.25) is 0 Å². The lowest BCUT2D eigenvalue weighted by atomic mass is 10.1. The third-order valence-corrected chi connectivity index (χ3v) is 2.92. The first kappa shape index (κ1) is 13.6. The molecule has 2 amide bonds. The predicted octanol–water partition coefficient (Wildman–Crippen LogP) is 2.92. The van der Waals surface area contributed by atoms with Crippen LogP contribution in [0.15, 0.2) is 30.3 Å². The Hall–Kier alpha value is -1.51. The molecule has 3 heteroatoms. The van der Waals surface area contributed by atoms with E-state index >= 15 is 0 Å². The number of hydrogen-bond acceptors (Lipinski definition) is 1. The zero-order valence-corrected chi connectivity index (χ0v) is 10.7. The first-order chi connectivity index (χ1) is 8.22. The van der Waals surface area contributed by atoms with Crippen molar-refractivity contribution < 1.29 is 4.79 Å². The van der Waals surface area contributed by atoms with Gasteiger partial charge >= 0.3 is 6.03 Å². The number of nitrogens with one attached hydrogen (secondary N) is 2. The van der Waals surface area contributed by atoms with Gasteiger partial charge in [0.1, 0.15) is 0 Å². The van der Waals surface area contributed by atoms with E-state index in [1.807, 2.05) is 30.3 Å². The molecule has 3 nitrogen and oxygen atoms in total. The van der Waals surface area contributed by atoms with Crippen LogP contribution in [0, 0.1) is 5.92 Å². The second kappa shape index (κ2) is 7.71. The van der Waals surface area contributed by atoms with Gasteiger partial charge in [-0.05, 0) is 17.9 Å². The molecule has 0 heterocycles. The smallest absolute Gasteiger partial charge is 0.315 e. The summed E-state index contributed by atoms with van der Waals surface area (Å²) in [6.07, 6.45) is 2.20. The molecule has 0 fully saturated rings. The lowest BCUT2D eigenvalue weighted by Gasteiger charge is -2.10. The quantitative estimate of drug-likeness (QED) is 0.780. The number of carbonyl (C=O) groups is 1. The molecular weight excluding hydrogens is 212 g/mol. The van der Waals surface area contributed by atoms with Crippen molar-refractivity contribution in [1.29, 1.82) is 0 Å². The topological polar surface area (TPSA) is 41.1 Å². The van der Waals surface area contributed by atoms with E-state index in [1.54, 1.807) is 0 Å². The number of hydrogen-bond donors (Lipinski definition) is 2. The molecule has 0 aliphatic carbocycles. The van der Waals surface area contributed by atoms with Gasteiger partial charge in [-0.2, -0.15) is 0 Å². The summed E-state index contributed by atoms with van der Waals surface area (Å²) < 4.78 is 0. The molecule has 0 unspecified atom stereocenters. The maximum absolute atomic E-state index is 11.5. The molecule has 2 N–H and O–H groups in total. The highest BCUT2D eigenvalue weighted by Crippen LogP contribution is 2.04. The lowest BCUT2D eigenvalue weighted by molar-refractivity contribution is 0.239. The SMILES string of the molecule is CC[C@@H](C)CCNC(=O)NCc1ccccc1. The van der Waals surface area contributed by atoms with Crippen LogP contribution in [-0.4, -0.2) is 12.6 Å². The molecule has 17 heavy (non-hydrogen) atoms. The Bertz CT molecular complexity index is 324. The van der Waals surface area contributed by atoms with Crippen LogP contribution in [0.1, 0.15) is 32.3 Å². The molecule has 0 radical (unpaired) electrons. The molecule has 0 saturated heterocycles. The maximum atomic E-state index is 11.5. The molecule has 0 saturated carbocycles. The van der Waals surface area contributed by atoms with Crippen LogP contribution in [0.5, 0.6) is 0 Å². The summed E-state index contributed by atoms with van der Waals surface area (Å²) in [5.41, 5.74) is 1.12. The average molecular weight is 234 g/mol. The molecule has 0 aliphatic heterocycles. The predicted molar refractivity (Wildman–Crippen MR) is 70.8 cm³/mol. The average Bonchev–Trinajstić information content (AvgIpc) is 2.37. The molecule has 0 bridgehead atoms. The molecule has 1 rings (SSSR count).